The molecule has 3 N–H and O–H groups in total. The van der Waals surface area contributed by atoms with Gasteiger partial charge in [-0.15, -0.1) is 0 Å². The number of rotatable bonds is 3. The summed E-state index contributed by atoms with van der Waals surface area (Å²) >= 11 is 0. The summed E-state index contributed by atoms with van der Waals surface area (Å²) in [4.78, 5) is 15.9. The van der Waals surface area contributed by atoms with E-state index in [9.17, 15) is 10.1 Å². The van der Waals surface area contributed by atoms with Crippen molar-refractivity contribution in [3.8, 4) is 6.07 Å². The number of fused-ring (bicyclic) bond motifs is 1. The number of allylic oxidation sites excluding steroid dienone is 1. The Morgan fingerprint density at radius 2 is 2.08 bits per heavy atom. The van der Waals surface area contributed by atoms with Gasteiger partial charge in [-0.05, 0) is 11.5 Å². The first-order valence-corrected chi connectivity index (χ1v) is 8.13. The Hall–Kier alpha value is -2.42. The zero-order valence-electron chi connectivity index (χ0n) is 14.2. The Labute approximate surface area is 141 Å². The highest BCUT2D eigenvalue weighted by Gasteiger charge is 2.35. The smallest absolute Gasteiger partial charge is 0.205 e. The SMILES string of the molecule is CC(C)(C)C1NNCC1/C=C(/C#N)C(=O)c1c[nH]c2ccccc12. The van der Waals surface area contributed by atoms with Crippen LogP contribution in [0.2, 0.25) is 0 Å². The fourth-order valence-corrected chi connectivity index (χ4v) is 3.31. The molecule has 5 nitrogen and oxygen atoms in total. The molecule has 5 heteroatoms. The van der Waals surface area contributed by atoms with Crippen molar-refractivity contribution in [3.63, 3.8) is 0 Å². The number of aromatic amines is 1. The van der Waals surface area contributed by atoms with Crippen molar-refractivity contribution >= 4 is 16.7 Å². The molecule has 0 aliphatic carbocycles. The molecule has 0 bridgehead atoms. The van der Waals surface area contributed by atoms with Crippen LogP contribution in [0.1, 0.15) is 31.1 Å². The molecule has 1 aromatic heterocycles. The van der Waals surface area contributed by atoms with E-state index in [0.29, 0.717) is 12.1 Å². The Morgan fingerprint density at radius 3 is 2.79 bits per heavy atom. The van der Waals surface area contributed by atoms with Gasteiger partial charge in [0.2, 0.25) is 5.78 Å². The summed E-state index contributed by atoms with van der Waals surface area (Å²) in [5.74, 6) is -0.136. The van der Waals surface area contributed by atoms with Gasteiger partial charge in [0.1, 0.15) is 6.07 Å². The number of Topliss-reactive ketones (excluding diaryl/α,β-unsaturated/α-hetero) is 1. The van der Waals surface area contributed by atoms with E-state index in [2.05, 4.69) is 42.7 Å². The number of benzene rings is 1. The predicted octanol–water partition coefficient (Wildman–Crippen LogP) is 2.94. The third-order valence-corrected chi connectivity index (χ3v) is 4.54. The Morgan fingerprint density at radius 1 is 1.33 bits per heavy atom. The number of nitrogens with zero attached hydrogens (tertiary/aromatic N) is 1. The highest BCUT2D eigenvalue weighted by Crippen LogP contribution is 2.29. The molecule has 1 aliphatic rings. The largest absolute Gasteiger partial charge is 0.360 e. The molecule has 0 amide bonds. The second-order valence-corrected chi connectivity index (χ2v) is 7.30. The maximum absolute atomic E-state index is 12.8. The maximum Gasteiger partial charge on any atom is 0.205 e. The third-order valence-electron chi connectivity index (χ3n) is 4.54. The fraction of sp³-hybridized carbons (Fsp3) is 0.368. The number of nitrogens with one attached hydrogen (secondary N) is 3. The van der Waals surface area contributed by atoms with E-state index in [-0.39, 0.29) is 28.7 Å². The van der Waals surface area contributed by atoms with Gasteiger partial charge in [-0.25, -0.2) is 0 Å². The summed E-state index contributed by atoms with van der Waals surface area (Å²) in [6, 6.07) is 9.88. The molecule has 1 saturated heterocycles. The van der Waals surface area contributed by atoms with Gasteiger partial charge in [-0.2, -0.15) is 5.26 Å². The van der Waals surface area contributed by atoms with Crippen LogP contribution in [0, 0.1) is 22.7 Å². The standard InChI is InChI=1S/C19H22N4O/c1-19(2,3)18-13(10-22-23-18)8-12(9-20)17(24)15-11-21-16-7-5-4-6-14(15)16/h4-8,11,13,18,21-23H,10H2,1-3H3/b12-8-. The Bertz CT molecular complexity index is 835. The van der Waals surface area contributed by atoms with Gasteiger partial charge in [0, 0.05) is 41.2 Å². The number of H-pyrrole nitrogens is 1. The normalized spacial score (nSPS) is 21.8. The van der Waals surface area contributed by atoms with Gasteiger partial charge >= 0.3 is 0 Å². The second-order valence-electron chi connectivity index (χ2n) is 7.30. The molecule has 2 heterocycles. The molecule has 2 aromatic rings. The molecule has 0 saturated carbocycles. The maximum atomic E-state index is 12.8. The van der Waals surface area contributed by atoms with E-state index >= 15 is 0 Å². The molecular weight excluding hydrogens is 300 g/mol. The molecule has 0 spiro atoms. The predicted molar refractivity (Wildman–Crippen MR) is 94.2 cm³/mol. The summed E-state index contributed by atoms with van der Waals surface area (Å²) in [5, 5.41) is 10.4. The average molecular weight is 322 g/mol. The fourth-order valence-electron chi connectivity index (χ4n) is 3.31. The van der Waals surface area contributed by atoms with Crippen molar-refractivity contribution in [2.24, 2.45) is 11.3 Å². The number of nitriles is 1. The first-order valence-electron chi connectivity index (χ1n) is 8.13. The first-order chi connectivity index (χ1) is 11.4. The zero-order chi connectivity index (χ0) is 17.3. The lowest BCUT2D eigenvalue weighted by atomic mass is 9.79. The first kappa shape index (κ1) is 16.4. The summed E-state index contributed by atoms with van der Waals surface area (Å²) in [7, 11) is 0. The van der Waals surface area contributed by atoms with Crippen LogP contribution in [-0.2, 0) is 0 Å². The molecule has 2 unspecified atom stereocenters. The van der Waals surface area contributed by atoms with Crippen molar-refractivity contribution in [1.29, 1.82) is 5.26 Å². The van der Waals surface area contributed by atoms with Crippen molar-refractivity contribution in [2.75, 3.05) is 6.54 Å². The molecule has 1 aliphatic heterocycles. The van der Waals surface area contributed by atoms with Gasteiger partial charge in [0.05, 0.1) is 5.57 Å². The van der Waals surface area contributed by atoms with Crippen LogP contribution >= 0.6 is 0 Å². The van der Waals surface area contributed by atoms with Crippen molar-refractivity contribution in [3.05, 3.63) is 47.7 Å². The molecule has 2 atom stereocenters. The van der Waals surface area contributed by atoms with Gasteiger partial charge in [0.25, 0.3) is 0 Å². The van der Waals surface area contributed by atoms with Crippen LogP contribution < -0.4 is 10.9 Å². The van der Waals surface area contributed by atoms with Crippen molar-refractivity contribution < 1.29 is 4.79 Å². The summed E-state index contributed by atoms with van der Waals surface area (Å²) < 4.78 is 0. The van der Waals surface area contributed by atoms with Crippen molar-refractivity contribution in [2.45, 2.75) is 26.8 Å². The molecule has 1 fully saturated rings. The van der Waals surface area contributed by atoms with Crippen LogP contribution in [0.25, 0.3) is 10.9 Å². The minimum absolute atomic E-state index is 0.0229. The number of hydrazine groups is 1. The van der Waals surface area contributed by atoms with Gasteiger partial charge in [-0.3, -0.25) is 15.6 Å². The highest BCUT2D eigenvalue weighted by atomic mass is 16.1. The minimum atomic E-state index is -0.227. The van der Waals surface area contributed by atoms with Crippen LogP contribution in [0.15, 0.2) is 42.1 Å². The van der Waals surface area contributed by atoms with Crippen LogP contribution in [-0.4, -0.2) is 23.4 Å². The number of hydrogen-bond acceptors (Lipinski definition) is 4. The van der Waals surface area contributed by atoms with E-state index in [1.807, 2.05) is 30.3 Å². The van der Waals surface area contributed by atoms with Crippen molar-refractivity contribution in [1.82, 2.24) is 15.8 Å². The van der Waals surface area contributed by atoms with Gasteiger partial charge in [-0.1, -0.05) is 45.0 Å². The number of para-hydroxylation sites is 1. The van der Waals surface area contributed by atoms with Gasteiger partial charge < -0.3 is 4.98 Å². The van der Waals surface area contributed by atoms with E-state index in [1.165, 1.54) is 0 Å². The number of ketones is 1. The van der Waals surface area contributed by atoms with Crippen LogP contribution in [0.4, 0.5) is 0 Å². The monoisotopic (exact) mass is 322 g/mol. The lowest BCUT2D eigenvalue weighted by Gasteiger charge is -2.30. The lowest BCUT2D eigenvalue weighted by molar-refractivity contribution is 0.103. The van der Waals surface area contributed by atoms with Gasteiger partial charge in [0.15, 0.2) is 0 Å². The number of hydrogen-bond donors (Lipinski definition) is 3. The molecule has 3 rings (SSSR count). The topological polar surface area (TPSA) is 80.7 Å². The number of carbonyl (C=O) groups is 1. The summed E-state index contributed by atoms with van der Waals surface area (Å²) in [6.07, 6.45) is 3.50. The highest BCUT2D eigenvalue weighted by molar-refractivity contribution is 6.17. The lowest BCUT2D eigenvalue weighted by Crippen LogP contribution is -2.41. The zero-order valence-corrected chi connectivity index (χ0v) is 14.2. The van der Waals surface area contributed by atoms with Crippen LogP contribution in [0.5, 0.6) is 0 Å². The molecule has 124 valence electrons. The molecule has 1 aromatic carbocycles. The molecular formula is C19H22N4O. The number of carbonyl (C=O) groups excluding carboxylic acids is 1. The summed E-state index contributed by atoms with van der Waals surface area (Å²) in [5.41, 5.74) is 8.06. The molecule has 0 radical (unpaired) electrons. The average Bonchev–Trinajstić information content (AvgIpc) is 3.18. The third kappa shape index (κ3) is 2.99. The Balaban J connectivity index is 1.94. The Kier molecular flexibility index (Phi) is 4.27. The molecule has 24 heavy (non-hydrogen) atoms. The number of aromatic nitrogens is 1. The quantitative estimate of drug-likeness (QED) is 0.461. The second kappa shape index (κ2) is 6.23. The van der Waals surface area contributed by atoms with Crippen LogP contribution in [0.3, 0.4) is 0 Å². The van der Waals surface area contributed by atoms with E-state index in [1.54, 1.807) is 6.20 Å². The summed E-state index contributed by atoms with van der Waals surface area (Å²) in [6.45, 7) is 7.14. The minimum Gasteiger partial charge on any atom is -0.360 e. The van der Waals surface area contributed by atoms with E-state index in [0.717, 1.165) is 10.9 Å². The van der Waals surface area contributed by atoms with E-state index < -0.39 is 0 Å². The van der Waals surface area contributed by atoms with E-state index in [4.69, 9.17) is 0 Å².